The molecule has 72 valence electrons. The summed E-state index contributed by atoms with van der Waals surface area (Å²) in [5.74, 6) is 0. The highest BCUT2D eigenvalue weighted by molar-refractivity contribution is 7.80. The molecule has 0 aliphatic rings. The normalized spacial score (nSPS) is 10.2. The molecule has 0 unspecified atom stereocenters. The lowest BCUT2D eigenvalue weighted by molar-refractivity contribution is 0.532. The lowest BCUT2D eigenvalue weighted by Gasteiger charge is -2.04. The fraction of sp³-hybridized carbons (Fsp3) is 0.500. The van der Waals surface area contributed by atoms with Crippen LogP contribution in [0.25, 0.3) is 0 Å². The van der Waals surface area contributed by atoms with Gasteiger partial charge in [-0.15, -0.1) is 0 Å². The van der Waals surface area contributed by atoms with E-state index in [9.17, 15) is 0 Å². The molecule has 0 aliphatic heterocycles. The molecule has 1 rings (SSSR count). The topological polar surface area (TPSA) is 41.9 Å². The second-order valence-corrected chi connectivity index (χ2v) is 3.42. The fourth-order valence-corrected chi connectivity index (χ4v) is 0.996. The fourth-order valence-electron chi connectivity index (χ4n) is 0.879. The Bertz CT molecular complexity index is 292. The molecule has 0 aliphatic carbocycles. The van der Waals surface area contributed by atoms with Crippen molar-refractivity contribution in [3.63, 3.8) is 0 Å². The lowest BCUT2D eigenvalue weighted by atomic mass is 10.4. The number of nitrogens with zero attached hydrogens (tertiary/aromatic N) is 2. The average Bonchev–Trinajstić information content (AvgIpc) is 2.52. The summed E-state index contributed by atoms with van der Waals surface area (Å²) < 4.78 is 1.88. The Kier molecular flexibility index (Phi) is 3.25. The Balaban J connectivity index is 2.64. The Hall–Kier alpha value is -1.10. The third-order valence-electron chi connectivity index (χ3n) is 1.62. The predicted octanol–water partition coefficient (Wildman–Crippen LogP) is 1.38. The van der Waals surface area contributed by atoms with Crippen LogP contribution in [0.15, 0.2) is 12.4 Å². The van der Waals surface area contributed by atoms with Gasteiger partial charge in [0.25, 0.3) is 0 Å². The summed E-state index contributed by atoms with van der Waals surface area (Å²) in [5.41, 5.74) is 0.910. The van der Waals surface area contributed by atoms with Gasteiger partial charge in [0.2, 0.25) is 0 Å². The minimum absolute atomic E-state index is 0.374. The smallest absolute Gasteiger partial charge is 0.170 e. The molecular formula is C8H14N4S. The summed E-state index contributed by atoms with van der Waals surface area (Å²) >= 11 is 4.95. The summed E-state index contributed by atoms with van der Waals surface area (Å²) in [7, 11) is 1.78. The van der Waals surface area contributed by atoms with Crippen molar-refractivity contribution in [1.29, 1.82) is 0 Å². The van der Waals surface area contributed by atoms with Crippen LogP contribution >= 0.6 is 12.2 Å². The minimum Gasteiger partial charge on any atom is -0.366 e. The Morgan fingerprint density at radius 2 is 2.31 bits per heavy atom. The molecule has 1 aromatic rings. The molecule has 2 N–H and O–H groups in total. The van der Waals surface area contributed by atoms with Crippen molar-refractivity contribution in [2.45, 2.75) is 19.9 Å². The molecule has 0 aromatic carbocycles. The van der Waals surface area contributed by atoms with E-state index in [4.69, 9.17) is 12.2 Å². The van der Waals surface area contributed by atoms with Crippen LogP contribution in [0.4, 0.5) is 5.69 Å². The molecular weight excluding hydrogens is 184 g/mol. The molecule has 0 atom stereocenters. The van der Waals surface area contributed by atoms with Crippen molar-refractivity contribution in [3.8, 4) is 0 Å². The van der Waals surface area contributed by atoms with Crippen molar-refractivity contribution >= 4 is 23.0 Å². The molecule has 1 heterocycles. The van der Waals surface area contributed by atoms with Crippen LogP contribution in [-0.2, 0) is 0 Å². The SMILES string of the molecule is CNC(=S)Nc1cnn(C(C)C)c1. The minimum atomic E-state index is 0.374. The number of nitrogens with one attached hydrogen (secondary N) is 2. The van der Waals surface area contributed by atoms with Gasteiger partial charge < -0.3 is 10.6 Å². The number of hydrogen-bond acceptors (Lipinski definition) is 2. The second kappa shape index (κ2) is 4.23. The number of anilines is 1. The molecule has 0 saturated carbocycles. The Labute approximate surface area is 83.3 Å². The van der Waals surface area contributed by atoms with Crippen molar-refractivity contribution in [1.82, 2.24) is 15.1 Å². The lowest BCUT2D eigenvalue weighted by Crippen LogP contribution is -2.23. The van der Waals surface area contributed by atoms with Gasteiger partial charge in [-0.25, -0.2) is 0 Å². The van der Waals surface area contributed by atoms with Crippen LogP contribution in [0.5, 0.6) is 0 Å². The average molecular weight is 198 g/mol. The first-order chi connectivity index (χ1) is 6.13. The van der Waals surface area contributed by atoms with Gasteiger partial charge in [0, 0.05) is 19.3 Å². The molecule has 0 spiro atoms. The molecule has 0 bridgehead atoms. The molecule has 5 heteroatoms. The third kappa shape index (κ3) is 2.69. The zero-order valence-electron chi connectivity index (χ0n) is 8.03. The van der Waals surface area contributed by atoms with Crippen LogP contribution in [0.3, 0.4) is 0 Å². The van der Waals surface area contributed by atoms with Crippen molar-refractivity contribution in [2.24, 2.45) is 0 Å². The second-order valence-electron chi connectivity index (χ2n) is 3.01. The van der Waals surface area contributed by atoms with Gasteiger partial charge >= 0.3 is 0 Å². The third-order valence-corrected chi connectivity index (χ3v) is 1.92. The first-order valence-corrected chi connectivity index (χ1v) is 4.57. The van der Waals surface area contributed by atoms with E-state index >= 15 is 0 Å². The number of hydrogen-bond donors (Lipinski definition) is 2. The van der Waals surface area contributed by atoms with Crippen LogP contribution in [0.1, 0.15) is 19.9 Å². The van der Waals surface area contributed by atoms with E-state index in [1.165, 1.54) is 0 Å². The first-order valence-electron chi connectivity index (χ1n) is 4.16. The molecule has 0 radical (unpaired) electrons. The van der Waals surface area contributed by atoms with Gasteiger partial charge in [0.15, 0.2) is 5.11 Å². The van der Waals surface area contributed by atoms with Crippen molar-refractivity contribution in [2.75, 3.05) is 12.4 Å². The standard InChI is InChI=1S/C8H14N4S/c1-6(2)12-5-7(4-10-12)11-8(13)9-3/h4-6H,1-3H3,(H2,9,11,13). The summed E-state index contributed by atoms with van der Waals surface area (Å²) in [6.07, 6.45) is 3.68. The highest BCUT2D eigenvalue weighted by Gasteiger charge is 2.01. The highest BCUT2D eigenvalue weighted by atomic mass is 32.1. The van der Waals surface area contributed by atoms with Gasteiger partial charge in [-0.05, 0) is 26.1 Å². The Morgan fingerprint density at radius 1 is 1.62 bits per heavy atom. The van der Waals surface area contributed by atoms with Gasteiger partial charge in [-0.3, -0.25) is 4.68 Å². The largest absolute Gasteiger partial charge is 0.366 e. The van der Waals surface area contributed by atoms with Gasteiger partial charge in [-0.2, -0.15) is 5.10 Å². The number of thiocarbonyl (C=S) groups is 1. The Morgan fingerprint density at radius 3 is 2.77 bits per heavy atom. The van der Waals surface area contributed by atoms with Crippen LogP contribution in [0.2, 0.25) is 0 Å². The van der Waals surface area contributed by atoms with Crippen LogP contribution < -0.4 is 10.6 Å². The molecule has 0 amide bonds. The quantitative estimate of drug-likeness (QED) is 0.704. The van der Waals surface area contributed by atoms with E-state index < -0.39 is 0 Å². The van der Waals surface area contributed by atoms with E-state index in [0.29, 0.717) is 11.2 Å². The molecule has 13 heavy (non-hydrogen) atoms. The number of rotatable bonds is 2. The van der Waals surface area contributed by atoms with E-state index in [1.807, 2.05) is 10.9 Å². The van der Waals surface area contributed by atoms with Crippen LogP contribution in [0, 0.1) is 0 Å². The summed E-state index contributed by atoms with van der Waals surface area (Å²) in [6.45, 7) is 4.15. The maximum Gasteiger partial charge on any atom is 0.170 e. The molecule has 0 fully saturated rings. The van der Waals surface area contributed by atoms with E-state index in [-0.39, 0.29) is 0 Å². The zero-order valence-corrected chi connectivity index (χ0v) is 8.85. The molecule has 1 aromatic heterocycles. The maximum atomic E-state index is 4.95. The first kappa shape index (κ1) is 9.98. The van der Waals surface area contributed by atoms with E-state index in [2.05, 4.69) is 29.6 Å². The van der Waals surface area contributed by atoms with Crippen LogP contribution in [-0.4, -0.2) is 21.9 Å². The van der Waals surface area contributed by atoms with Crippen molar-refractivity contribution in [3.05, 3.63) is 12.4 Å². The highest BCUT2D eigenvalue weighted by Crippen LogP contribution is 2.09. The molecule has 4 nitrogen and oxygen atoms in total. The summed E-state index contributed by atoms with van der Waals surface area (Å²) in [5, 5.41) is 10.6. The molecule has 0 saturated heterocycles. The monoisotopic (exact) mass is 198 g/mol. The van der Waals surface area contributed by atoms with Gasteiger partial charge in [0.05, 0.1) is 11.9 Å². The van der Waals surface area contributed by atoms with E-state index in [1.54, 1.807) is 13.2 Å². The summed E-state index contributed by atoms with van der Waals surface area (Å²) in [6, 6.07) is 0.374. The zero-order chi connectivity index (χ0) is 9.84. The van der Waals surface area contributed by atoms with Gasteiger partial charge in [-0.1, -0.05) is 0 Å². The van der Waals surface area contributed by atoms with Crippen molar-refractivity contribution < 1.29 is 0 Å². The number of aromatic nitrogens is 2. The van der Waals surface area contributed by atoms with Gasteiger partial charge in [0.1, 0.15) is 0 Å². The van der Waals surface area contributed by atoms with E-state index in [0.717, 1.165) is 5.69 Å². The predicted molar refractivity (Wildman–Crippen MR) is 57.9 cm³/mol. The maximum absolute atomic E-state index is 4.95. The summed E-state index contributed by atoms with van der Waals surface area (Å²) in [4.78, 5) is 0.